The van der Waals surface area contributed by atoms with Crippen molar-refractivity contribution in [3.05, 3.63) is 47.8 Å². The number of aromatic nitrogens is 1. The second-order valence-electron chi connectivity index (χ2n) is 5.28. The summed E-state index contributed by atoms with van der Waals surface area (Å²) in [7, 11) is 0. The Bertz CT molecular complexity index is 567. The van der Waals surface area contributed by atoms with Crippen LogP contribution in [-0.4, -0.2) is 17.6 Å². The van der Waals surface area contributed by atoms with E-state index in [2.05, 4.69) is 43.1 Å². The number of nitrogens with one attached hydrogen (secondary N) is 1. The molecule has 2 rings (SSSR count). The molecule has 2 aromatic rings. The molecule has 106 valence electrons. The molecule has 0 fully saturated rings. The van der Waals surface area contributed by atoms with Crippen molar-refractivity contribution in [3.63, 3.8) is 0 Å². The maximum absolute atomic E-state index is 11.9. The van der Waals surface area contributed by atoms with Gasteiger partial charge in [0.15, 0.2) is 0 Å². The van der Waals surface area contributed by atoms with Crippen molar-refractivity contribution in [2.75, 3.05) is 6.61 Å². The first-order valence-corrected chi connectivity index (χ1v) is 7.05. The van der Waals surface area contributed by atoms with E-state index >= 15 is 0 Å². The van der Waals surface area contributed by atoms with Crippen LogP contribution in [0.3, 0.4) is 0 Å². The fourth-order valence-corrected chi connectivity index (χ4v) is 2.27. The molecule has 0 unspecified atom stereocenters. The van der Waals surface area contributed by atoms with Crippen LogP contribution in [0.4, 0.5) is 0 Å². The van der Waals surface area contributed by atoms with Crippen LogP contribution in [0.1, 0.15) is 36.8 Å². The molecule has 0 saturated heterocycles. The Kier molecular flexibility index (Phi) is 4.61. The maximum Gasteiger partial charge on any atom is 0.355 e. The molecular formula is C17H21NO2. The van der Waals surface area contributed by atoms with Crippen molar-refractivity contribution in [1.29, 1.82) is 0 Å². The van der Waals surface area contributed by atoms with Crippen molar-refractivity contribution in [3.8, 4) is 11.1 Å². The smallest absolute Gasteiger partial charge is 0.355 e. The van der Waals surface area contributed by atoms with Gasteiger partial charge in [0, 0.05) is 11.8 Å². The predicted octanol–water partition coefficient (Wildman–Crippen LogP) is 4.06. The highest BCUT2D eigenvalue weighted by molar-refractivity contribution is 5.95. The molecule has 1 aromatic carbocycles. The van der Waals surface area contributed by atoms with Crippen LogP contribution in [0.2, 0.25) is 0 Å². The first-order chi connectivity index (χ1) is 9.61. The van der Waals surface area contributed by atoms with Crippen LogP contribution in [-0.2, 0) is 11.2 Å². The van der Waals surface area contributed by atoms with Crippen molar-refractivity contribution in [1.82, 2.24) is 4.98 Å². The highest BCUT2D eigenvalue weighted by atomic mass is 16.5. The van der Waals surface area contributed by atoms with E-state index in [9.17, 15) is 4.79 Å². The van der Waals surface area contributed by atoms with Gasteiger partial charge in [0.1, 0.15) is 5.69 Å². The minimum absolute atomic E-state index is 0.307. The average molecular weight is 271 g/mol. The fraction of sp³-hybridized carbons (Fsp3) is 0.353. The standard InChI is InChI=1S/C17H21NO2/c1-4-20-17(19)16-15(9-10-18-16)14-7-5-13(6-8-14)11-12(2)3/h5-10,12,18H,4,11H2,1-3H3. The Balaban J connectivity index is 2.24. The van der Waals surface area contributed by atoms with E-state index in [4.69, 9.17) is 4.74 Å². The summed E-state index contributed by atoms with van der Waals surface area (Å²) < 4.78 is 5.05. The largest absolute Gasteiger partial charge is 0.461 e. The quantitative estimate of drug-likeness (QED) is 0.833. The van der Waals surface area contributed by atoms with E-state index < -0.39 is 0 Å². The fourth-order valence-electron chi connectivity index (χ4n) is 2.27. The molecular weight excluding hydrogens is 250 g/mol. The SMILES string of the molecule is CCOC(=O)c1[nH]ccc1-c1ccc(CC(C)C)cc1. The third-order valence-electron chi connectivity index (χ3n) is 3.14. The molecule has 1 heterocycles. The van der Waals surface area contributed by atoms with E-state index in [0.29, 0.717) is 18.2 Å². The van der Waals surface area contributed by atoms with Gasteiger partial charge in [-0.2, -0.15) is 0 Å². The zero-order chi connectivity index (χ0) is 14.5. The van der Waals surface area contributed by atoms with Gasteiger partial charge in [-0.15, -0.1) is 0 Å². The van der Waals surface area contributed by atoms with Gasteiger partial charge in [-0.1, -0.05) is 38.1 Å². The molecule has 0 saturated carbocycles. The van der Waals surface area contributed by atoms with Crippen molar-refractivity contribution < 1.29 is 9.53 Å². The lowest BCUT2D eigenvalue weighted by Crippen LogP contribution is -2.06. The van der Waals surface area contributed by atoms with Crippen molar-refractivity contribution in [2.45, 2.75) is 27.2 Å². The lowest BCUT2D eigenvalue weighted by Gasteiger charge is -2.07. The summed E-state index contributed by atoms with van der Waals surface area (Å²) in [6.45, 7) is 6.60. The summed E-state index contributed by atoms with van der Waals surface area (Å²) in [4.78, 5) is 14.8. The van der Waals surface area contributed by atoms with Gasteiger partial charge < -0.3 is 9.72 Å². The van der Waals surface area contributed by atoms with E-state index in [1.807, 2.05) is 6.07 Å². The normalized spacial score (nSPS) is 10.8. The molecule has 0 spiro atoms. The van der Waals surface area contributed by atoms with Gasteiger partial charge in [0.05, 0.1) is 6.61 Å². The maximum atomic E-state index is 11.9. The second-order valence-corrected chi connectivity index (χ2v) is 5.28. The minimum Gasteiger partial charge on any atom is -0.461 e. The molecule has 3 nitrogen and oxygen atoms in total. The van der Waals surface area contributed by atoms with Gasteiger partial charge >= 0.3 is 5.97 Å². The van der Waals surface area contributed by atoms with E-state index in [1.54, 1.807) is 13.1 Å². The molecule has 0 bridgehead atoms. The minimum atomic E-state index is -0.307. The van der Waals surface area contributed by atoms with Crippen LogP contribution in [0.15, 0.2) is 36.5 Å². The summed E-state index contributed by atoms with van der Waals surface area (Å²) in [5, 5.41) is 0. The highest BCUT2D eigenvalue weighted by Crippen LogP contribution is 2.24. The Labute approximate surface area is 120 Å². The molecule has 0 radical (unpaired) electrons. The Hall–Kier alpha value is -2.03. The zero-order valence-corrected chi connectivity index (χ0v) is 12.3. The lowest BCUT2D eigenvalue weighted by molar-refractivity contribution is 0.0521. The van der Waals surface area contributed by atoms with Gasteiger partial charge in [-0.3, -0.25) is 0 Å². The average Bonchev–Trinajstić information content (AvgIpc) is 2.88. The molecule has 0 amide bonds. The monoisotopic (exact) mass is 271 g/mol. The molecule has 0 aliphatic rings. The Morgan fingerprint density at radius 1 is 1.20 bits per heavy atom. The Morgan fingerprint density at radius 2 is 1.90 bits per heavy atom. The first kappa shape index (κ1) is 14.4. The topological polar surface area (TPSA) is 42.1 Å². The summed E-state index contributed by atoms with van der Waals surface area (Å²) in [5.74, 6) is 0.335. The third-order valence-corrected chi connectivity index (χ3v) is 3.14. The number of hydrogen-bond acceptors (Lipinski definition) is 2. The van der Waals surface area contributed by atoms with Crippen molar-refractivity contribution >= 4 is 5.97 Å². The van der Waals surface area contributed by atoms with Gasteiger partial charge in [0.25, 0.3) is 0 Å². The summed E-state index contributed by atoms with van der Waals surface area (Å²) in [6.07, 6.45) is 2.84. The van der Waals surface area contributed by atoms with Crippen LogP contribution in [0, 0.1) is 5.92 Å². The van der Waals surface area contributed by atoms with E-state index in [1.165, 1.54) is 5.56 Å². The van der Waals surface area contributed by atoms with Crippen LogP contribution < -0.4 is 0 Å². The predicted molar refractivity (Wildman–Crippen MR) is 80.7 cm³/mol. The number of carbonyl (C=O) groups is 1. The number of aromatic amines is 1. The number of rotatable bonds is 5. The first-order valence-electron chi connectivity index (χ1n) is 7.05. The summed E-state index contributed by atoms with van der Waals surface area (Å²) in [5.41, 5.74) is 3.75. The van der Waals surface area contributed by atoms with E-state index in [0.717, 1.165) is 17.5 Å². The number of carbonyl (C=O) groups excluding carboxylic acids is 1. The summed E-state index contributed by atoms with van der Waals surface area (Å²) in [6, 6.07) is 10.3. The zero-order valence-electron chi connectivity index (χ0n) is 12.3. The highest BCUT2D eigenvalue weighted by Gasteiger charge is 2.14. The third kappa shape index (κ3) is 3.29. The Morgan fingerprint density at radius 3 is 2.50 bits per heavy atom. The molecule has 0 aliphatic carbocycles. The molecule has 1 aromatic heterocycles. The van der Waals surface area contributed by atoms with Gasteiger partial charge in [0.2, 0.25) is 0 Å². The number of hydrogen-bond donors (Lipinski definition) is 1. The molecule has 0 aliphatic heterocycles. The second kappa shape index (κ2) is 6.42. The molecule has 20 heavy (non-hydrogen) atoms. The number of ether oxygens (including phenoxy) is 1. The number of esters is 1. The molecule has 0 atom stereocenters. The van der Waals surface area contributed by atoms with Gasteiger partial charge in [-0.25, -0.2) is 4.79 Å². The summed E-state index contributed by atoms with van der Waals surface area (Å²) >= 11 is 0. The number of benzene rings is 1. The van der Waals surface area contributed by atoms with Crippen LogP contribution in [0.25, 0.3) is 11.1 Å². The van der Waals surface area contributed by atoms with Crippen LogP contribution >= 0.6 is 0 Å². The van der Waals surface area contributed by atoms with E-state index in [-0.39, 0.29) is 5.97 Å². The van der Waals surface area contributed by atoms with Crippen LogP contribution in [0.5, 0.6) is 0 Å². The van der Waals surface area contributed by atoms with Gasteiger partial charge in [-0.05, 0) is 36.5 Å². The molecule has 1 N–H and O–H groups in total. The lowest BCUT2D eigenvalue weighted by atomic mass is 9.99. The molecule has 3 heteroatoms. The van der Waals surface area contributed by atoms with Crippen molar-refractivity contribution in [2.24, 2.45) is 5.92 Å². The number of H-pyrrole nitrogens is 1.